The number of halogens is 1. The Balaban J connectivity index is 1.99. The van der Waals surface area contributed by atoms with Gasteiger partial charge in [0.2, 0.25) is 0 Å². The zero-order valence-electron chi connectivity index (χ0n) is 16.2. The molecule has 8 heteroatoms. The average Bonchev–Trinajstić information content (AvgIpc) is 2.74. The Labute approximate surface area is 178 Å². The fourth-order valence-corrected chi connectivity index (χ4v) is 4.32. The van der Waals surface area contributed by atoms with Gasteiger partial charge in [-0.15, -0.1) is 0 Å². The van der Waals surface area contributed by atoms with E-state index in [-0.39, 0.29) is 33.8 Å². The number of aromatic nitrogens is 1. The molecular weight excluding hydrogens is 404 g/mol. The summed E-state index contributed by atoms with van der Waals surface area (Å²) in [4.78, 5) is 18.9. The number of nitrogens with two attached hydrogens (primary N) is 1. The fourth-order valence-electron chi connectivity index (χ4n) is 4.11. The predicted octanol–water partition coefficient (Wildman–Crippen LogP) is 3.75. The molecule has 7 nitrogen and oxygen atoms in total. The van der Waals surface area contributed by atoms with Gasteiger partial charge in [-0.3, -0.25) is 9.69 Å². The highest BCUT2D eigenvalue weighted by Crippen LogP contribution is 2.48. The molecule has 1 unspecified atom stereocenters. The van der Waals surface area contributed by atoms with E-state index in [1.54, 1.807) is 35.4 Å². The van der Waals surface area contributed by atoms with Gasteiger partial charge in [-0.2, -0.15) is 5.26 Å². The smallest absolute Gasteiger partial charge is 0.161 e. The SMILES string of the molecule is COc1cc(C2C(C#N)=C(N)N(c3cccnc3Cl)C3=C2C(=O)CCC3)ccc1O. The lowest BCUT2D eigenvalue weighted by Gasteiger charge is -2.39. The number of anilines is 1. The number of ether oxygens (including phenoxy) is 1. The van der Waals surface area contributed by atoms with Gasteiger partial charge < -0.3 is 15.6 Å². The molecule has 2 aromatic rings. The summed E-state index contributed by atoms with van der Waals surface area (Å²) in [6, 6.07) is 10.5. The summed E-state index contributed by atoms with van der Waals surface area (Å²) < 4.78 is 5.22. The van der Waals surface area contributed by atoms with Gasteiger partial charge in [-0.1, -0.05) is 17.7 Å². The minimum Gasteiger partial charge on any atom is -0.504 e. The quantitative estimate of drug-likeness (QED) is 0.724. The molecule has 2 aliphatic rings. The second-order valence-corrected chi connectivity index (χ2v) is 7.42. The van der Waals surface area contributed by atoms with Crippen LogP contribution < -0.4 is 15.4 Å². The molecule has 0 radical (unpaired) electrons. The van der Waals surface area contributed by atoms with Crippen molar-refractivity contribution in [2.75, 3.05) is 12.0 Å². The van der Waals surface area contributed by atoms with Gasteiger partial charge in [0.05, 0.1) is 30.4 Å². The number of carbonyl (C=O) groups excluding carboxylic acids is 1. The van der Waals surface area contributed by atoms with Crippen LogP contribution in [0, 0.1) is 11.3 Å². The lowest BCUT2D eigenvalue weighted by Crippen LogP contribution is -2.39. The summed E-state index contributed by atoms with van der Waals surface area (Å²) in [5, 5.41) is 20.2. The summed E-state index contributed by atoms with van der Waals surface area (Å²) in [7, 11) is 1.44. The number of ketones is 1. The third-order valence-corrected chi connectivity index (χ3v) is 5.72. The number of methoxy groups -OCH3 is 1. The van der Waals surface area contributed by atoms with E-state index in [2.05, 4.69) is 11.1 Å². The number of rotatable bonds is 3. The molecule has 0 amide bonds. The Kier molecular flexibility index (Phi) is 5.10. The van der Waals surface area contributed by atoms with Crippen LogP contribution in [0.4, 0.5) is 5.69 Å². The van der Waals surface area contributed by atoms with Crippen molar-refractivity contribution in [3.63, 3.8) is 0 Å². The lowest BCUT2D eigenvalue weighted by molar-refractivity contribution is -0.116. The van der Waals surface area contributed by atoms with Crippen molar-refractivity contribution >= 4 is 23.1 Å². The van der Waals surface area contributed by atoms with Gasteiger partial charge in [0.1, 0.15) is 5.82 Å². The monoisotopic (exact) mass is 422 g/mol. The second kappa shape index (κ2) is 7.73. The number of aromatic hydroxyl groups is 1. The first-order chi connectivity index (χ1) is 14.5. The molecule has 2 heterocycles. The van der Waals surface area contributed by atoms with Crippen LogP contribution in [0.2, 0.25) is 5.15 Å². The minimum absolute atomic E-state index is 0.0274. The van der Waals surface area contributed by atoms with E-state index in [9.17, 15) is 15.2 Å². The van der Waals surface area contributed by atoms with Crippen molar-refractivity contribution < 1.29 is 14.6 Å². The normalized spacial score (nSPS) is 18.9. The van der Waals surface area contributed by atoms with Crippen LogP contribution in [0.1, 0.15) is 30.7 Å². The number of phenolic OH excluding ortho intramolecular Hbond substituents is 1. The number of nitrogens with zero attached hydrogens (tertiary/aromatic N) is 3. The average molecular weight is 423 g/mol. The maximum absolute atomic E-state index is 13.1. The first-order valence-corrected chi connectivity index (χ1v) is 9.79. The van der Waals surface area contributed by atoms with E-state index >= 15 is 0 Å². The Morgan fingerprint density at radius 3 is 2.87 bits per heavy atom. The van der Waals surface area contributed by atoms with Crippen molar-refractivity contribution in [1.82, 2.24) is 4.98 Å². The van der Waals surface area contributed by atoms with Crippen LogP contribution >= 0.6 is 11.6 Å². The highest BCUT2D eigenvalue weighted by molar-refractivity contribution is 6.32. The standard InChI is InChI=1S/C22H19ClN4O3/c1-30-18-10-12(7-8-16(18)28)19-13(11-24)22(25)27(15-5-3-9-26-21(15)23)14-4-2-6-17(29)20(14)19/h3,5,7-10,19,28H,2,4,6,25H2,1H3. The van der Waals surface area contributed by atoms with Crippen molar-refractivity contribution in [2.24, 2.45) is 5.73 Å². The number of pyridine rings is 1. The number of carbonyl (C=O) groups is 1. The maximum atomic E-state index is 13.1. The van der Waals surface area contributed by atoms with Crippen LogP contribution in [0.15, 0.2) is 59.2 Å². The maximum Gasteiger partial charge on any atom is 0.161 e. The third-order valence-electron chi connectivity index (χ3n) is 5.43. The Morgan fingerprint density at radius 2 is 2.17 bits per heavy atom. The second-order valence-electron chi connectivity index (χ2n) is 7.06. The first kappa shape index (κ1) is 19.8. The van der Waals surface area contributed by atoms with Crippen molar-refractivity contribution in [1.29, 1.82) is 5.26 Å². The van der Waals surface area contributed by atoms with E-state index in [4.69, 9.17) is 22.1 Å². The fraction of sp³-hybridized carbons (Fsp3) is 0.227. The number of allylic oxidation sites excluding steroid dienone is 3. The molecule has 3 N–H and O–H groups in total. The number of Topliss-reactive ketones (excluding diaryl/α,β-unsaturated/α-hetero) is 1. The number of hydrogen-bond donors (Lipinski definition) is 2. The third kappa shape index (κ3) is 3.06. The van der Waals surface area contributed by atoms with Gasteiger partial charge in [0, 0.05) is 23.9 Å². The van der Waals surface area contributed by atoms with E-state index in [0.29, 0.717) is 36.1 Å². The van der Waals surface area contributed by atoms with E-state index in [1.165, 1.54) is 13.2 Å². The van der Waals surface area contributed by atoms with Crippen LogP contribution in [0.25, 0.3) is 0 Å². The van der Waals surface area contributed by atoms with Gasteiger partial charge in [0.15, 0.2) is 22.4 Å². The molecule has 1 aromatic heterocycles. The molecule has 1 aliphatic heterocycles. The van der Waals surface area contributed by atoms with Crippen LogP contribution in [0.5, 0.6) is 11.5 Å². The molecule has 1 aliphatic carbocycles. The Hall–Kier alpha value is -3.50. The van der Waals surface area contributed by atoms with Gasteiger partial charge >= 0.3 is 0 Å². The van der Waals surface area contributed by atoms with Gasteiger partial charge in [-0.05, 0) is 42.7 Å². The number of nitriles is 1. The largest absolute Gasteiger partial charge is 0.504 e. The first-order valence-electron chi connectivity index (χ1n) is 9.41. The van der Waals surface area contributed by atoms with E-state index < -0.39 is 5.92 Å². The predicted molar refractivity (Wildman–Crippen MR) is 112 cm³/mol. The molecule has 0 fully saturated rings. The summed E-state index contributed by atoms with van der Waals surface area (Å²) in [5.74, 6) is -0.262. The highest BCUT2D eigenvalue weighted by Gasteiger charge is 2.41. The van der Waals surface area contributed by atoms with Crippen LogP contribution in [-0.2, 0) is 4.79 Å². The molecule has 1 aromatic carbocycles. The zero-order chi connectivity index (χ0) is 21.4. The molecule has 0 bridgehead atoms. The zero-order valence-corrected chi connectivity index (χ0v) is 17.0. The van der Waals surface area contributed by atoms with E-state index in [0.717, 1.165) is 5.70 Å². The van der Waals surface area contributed by atoms with Crippen molar-refractivity contribution in [2.45, 2.75) is 25.2 Å². The van der Waals surface area contributed by atoms with Crippen molar-refractivity contribution in [3.8, 4) is 17.6 Å². The molecule has 4 rings (SSSR count). The lowest BCUT2D eigenvalue weighted by atomic mass is 9.75. The van der Waals surface area contributed by atoms with Crippen LogP contribution in [-0.4, -0.2) is 23.0 Å². The molecule has 30 heavy (non-hydrogen) atoms. The van der Waals surface area contributed by atoms with Crippen molar-refractivity contribution in [3.05, 3.63) is 69.9 Å². The summed E-state index contributed by atoms with van der Waals surface area (Å²) >= 11 is 6.33. The van der Waals surface area contributed by atoms with E-state index in [1.807, 2.05) is 0 Å². The summed E-state index contributed by atoms with van der Waals surface area (Å²) in [5.41, 5.74) is 9.11. The molecule has 0 saturated heterocycles. The molecule has 1 atom stereocenters. The number of phenols is 1. The van der Waals surface area contributed by atoms with Gasteiger partial charge in [0.25, 0.3) is 0 Å². The minimum atomic E-state index is -0.654. The highest BCUT2D eigenvalue weighted by atomic mass is 35.5. The Bertz CT molecular complexity index is 1150. The number of hydrogen-bond acceptors (Lipinski definition) is 7. The topological polar surface area (TPSA) is 112 Å². The molecule has 0 spiro atoms. The molecule has 0 saturated carbocycles. The summed E-state index contributed by atoms with van der Waals surface area (Å²) in [6.07, 6.45) is 3.23. The molecular formula is C22H19ClN4O3. The van der Waals surface area contributed by atoms with Crippen LogP contribution in [0.3, 0.4) is 0 Å². The summed E-state index contributed by atoms with van der Waals surface area (Å²) in [6.45, 7) is 0. The Morgan fingerprint density at radius 1 is 1.37 bits per heavy atom. The number of benzene rings is 1. The molecule has 152 valence electrons. The van der Waals surface area contributed by atoms with Gasteiger partial charge in [-0.25, -0.2) is 4.98 Å².